The molecule has 0 atom stereocenters. The maximum Gasteiger partial charge on any atom is 0.679 e. The van der Waals surface area contributed by atoms with Gasteiger partial charge in [0, 0.05) is 26.4 Å². The van der Waals surface area contributed by atoms with Crippen molar-refractivity contribution in [3.8, 4) is 0 Å². The summed E-state index contributed by atoms with van der Waals surface area (Å²) in [5, 5.41) is 0.647. The lowest BCUT2D eigenvalue weighted by Gasteiger charge is -2.23. The van der Waals surface area contributed by atoms with Gasteiger partial charge in [0.1, 0.15) is 0 Å². The molecule has 0 spiro atoms. The van der Waals surface area contributed by atoms with Gasteiger partial charge in [-0.15, -0.1) is 0 Å². The molecule has 0 bridgehead atoms. The van der Waals surface area contributed by atoms with E-state index in [0.717, 1.165) is 5.56 Å². The molecule has 0 radical (unpaired) electrons. The van der Waals surface area contributed by atoms with Crippen LogP contribution in [0.2, 0.25) is 5.02 Å². The zero-order valence-corrected chi connectivity index (χ0v) is 11.3. The van der Waals surface area contributed by atoms with Gasteiger partial charge in [-0.2, -0.15) is 0 Å². The van der Waals surface area contributed by atoms with Gasteiger partial charge in [-0.05, 0) is 11.6 Å². The van der Waals surface area contributed by atoms with Gasteiger partial charge in [-0.25, -0.2) is 0 Å². The first-order valence-corrected chi connectivity index (χ1v) is 6.71. The van der Waals surface area contributed by atoms with Crippen LogP contribution in [-0.4, -0.2) is 30.4 Å². The fourth-order valence-corrected chi connectivity index (χ4v) is 2.58. The topological polar surface area (TPSA) is 36.9 Å². The van der Waals surface area contributed by atoms with Gasteiger partial charge in [0.15, 0.2) is 0 Å². The van der Waals surface area contributed by atoms with Crippen LogP contribution in [-0.2, 0) is 24.3 Å². The van der Waals surface area contributed by atoms with Crippen LogP contribution in [0.5, 0.6) is 0 Å². The highest BCUT2D eigenvalue weighted by Crippen LogP contribution is 2.18. The fraction of sp³-hybridized carbons (Fsp3) is 0.400. The van der Waals surface area contributed by atoms with Gasteiger partial charge < -0.3 is 17.7 Å². The van der Waals surface area contributed by atoms with Crippen LogP contribution in [0.4, 0.5) is 0 Å². The van der Waals surface area contributed by atoms with E-state index in [0.29, 0.717) is 11.6 Å². The summed E-state index contributed by atoms with van der Waals surface area (Å²) in [7, 11) is 1.49. The van der Waals surface area contributed by atoms with Gasteiger partial charge in [0.2, 0.25) is 0 Å². The Morgan fingerprint density at radius 3 is 2.12 bits per heavy atom. The number of halogens is 1. The van der Waals surface area contributed by atoms with Crippen LogP contribution >= 0.6 is 11.6 Å². The molecule has 0 unspecified atom stereocenters. The molecular weight excluding hydrogens is 248 g/mol. The maximum absolute atomic E-state index is 6.00. The number of rotatable bonds is 6. The van der Waals surface area contributed by atoms with Gasteiger partial charge in [0.25, 0.3) is 0 Å². The lowest BCUT2D eigenvalue weighted by molar-refractivity contribution is 0.000641. The molecule has 0 saturated heterocycles. The third-order valence-electron chi connectivity index (χ3n) is 2.11. The van der Waals surface area contributed by atoms with Crippen molar-refractivity contribution in [1.82, 2.24) is 0 Å². The molecule has 0 aromatic heterocycles. The Balaban J connectivity index is 2.66. The summed E-state index contributed by atoms with van der Waals surface area (Å²) in [4.78, 5) is 0. The second-order valence-corrected chi connectivity index (χ2v) is 5.91. The van der Waals surface area contributed by atoms with E-state index >= 15 is 0 Å². The second-order valence-electron chi connectivity index (χ2n) is 2.99. The monoisotopic (exact) mass is 262 g/mol. The smallest absolute Gasteiger partial charge is 0.355 e. The van der Waals surface area contributed by atoms with Crippen LogP contribution in [0, 0.1) is 0 Å². The van der Waals surface area contributed by atoms with E-state index < -0.39 is 9.05 Å². The molecule has 0 aliphatic heterocycles. The first-order chi connectivity index (χ1) is 7.67. The van der Waals surface area contributed by atoms with Crippen LogP contribution in [0.15, 0.2) is 24.3 Å². The Kier molecular flexibility index (Phi) is 5.40. The Morgan fingerprint density at radius 1 is 1.06 bits per heavy atom. The van der Waals surface area contributed by atoms with Crippen molar-refractivity contribution in [1.29, 1.82) is 0 Å². The average molecular weight is 263 g/mol. The molecule has 0 aliphatic carbocycles. The van der Waals surface area contributed by atoms with E-state index in [-0.39, 0.29) is 0 Å². The predicted molar refractivity (Wildman–Crippen MR) is 63.0 cm³/mol. The summed E-state index contributed by atoms with van der Waals surface area (Å²) in [6, 6.07) is 7.43. The normalized spacial score (nSPS) is 11.8. The number of hydrogen-bond acceptors (Lipinski definition) is 4. The largest absolute Gasteiger partial charge is 0.679 e. The minimum atomic E-state index is -2.98. The summed E-state index contributed by atoms with van der Waals surface area (Å²) < 4.78 is 20.9. The maximum atomic E-state index is 6.00. The minimum Gasteiger partial charge on any atom is -0.355 e. The summed E-state index contributed by atoms with van der Waals surface area (Å²) in [5.41, 5.74) is 0.868. The van der Waals surface area contributed by atoms with Crippen molar-refractivity contribution in [2.75, 3.05) is 21.3 Å². The first-order valence-electron chi connectivity index (χ1n) is 4.70. The average Bonchev–Trinajstić information content (AvgIpc) is 2.34. The van der Waals surface area contributed by atoms with Gasteiger partial charge >= 0.3 is 9.05 Å². The Morgan fingerprint density at radius 2 is 1.62 bits per heavy atom. The third kappa shape index (κ3) is 3.28. The molecule has 1 rings (SSSR count). The molecule has 1 aromatic rings. The summed E-state index contributed by atoms with van der Waals surface area (Å²) in [6.45, 7) is 0.293. The molecule has 0 amide bonds. The minimum absolute atomic E-state index is 0.293. The quantitative estimate of drug-likeness (QED) is 0.737. The number of benzene rings is 1. The predicted octanol–water partition coefficient (Wildman–Crippen LogP) is 2.23. The van der Waals surface area contributed by atoms with E-state index in [4.69, 9.17) is 29.3 Å². The second kappa shape index (κ2) is 6.34. The highest BCUT2D eigenvalue weighted by molar-refractivity contribution is 6.53. The molecule has 0 fully saturated rings. The highest BCUT2D eigenvalue weighted by atomic mass is 35.5. The molecule has 0 N–H and O–H groups in total. The summed E-state index contributed by atoms with van der Waals surface area (Å²) in [6.07, 6.45) is 0. The Hall–Kier alpha value is -0.433. The van der Waals surface area contributed by atoms with Gasteiger partial charge in [-0.3, -0.25) is 0 Å². The first kappa shape index (κ1) is 13.6. The third-order valence-corrected chi connectivity index (χ3v) is 4.48. The van der Waals surface area contributed by atoms with Crippen LogP contribution in [0.1, 0.15) is 5.56 Å². The van der Waals surface area contributed by atoms with Crippen molar-refractivity contribution in [3.05, 3.63) is 34.9 Å². The molecule has 6 heteroatoms. The van der Waals surface area contributed by atoms with Crippen LogP contribution in [0.3, 0.4) is 0 Å². The fourth-order valence-electron chi connectivity index (χ4n) is 1.21. The Bertz CT molecular complexity index is 322. The van der Waals surface area contributed by atoms with Crippen LogP contribution in [0.25, 0.3) is 0 Å². The molecule has 16 heavy (non-hydrogen) atoms. The van der Waals surface area contributed by atoms with E-state index in [9.17, 15) is 0 Å². The molecule has 1 aromatic carbocycles. The van der Waals surface area contributed by atoms with Gasteiger partial charge in [-0.1, -0.05) is 29.8 Å². The number of hydrogen-bond donors (Lipinski definition) is 0. The molecule has 90 valence electrons. The SMILES string of the molecule is CO[Si](OC)(OC)OCc1ccccc1Cl. The zero-order chi connectivity index (χ0) is 12.0. The van der Waals surface area contributed by atoms with E-state index in [1.165, 1.54) is 21.3 Å². The van der Waals surface area contributed by atoms with Crippen molar-refractivity contribution < 1.29 is 17.7 Å². The zero-order valence-electron chi connectivity index (χ0n) is 9.53. The van der Waals surface area contributed by atoms with Crippen molar-refractivity contribution in [3.63, 3.8) is 0 Å². The molecular formula is C10H15ClO4Si. The van der Waals surface area contributed by atoms with E-state index in [1.807, 2.05) is 18.2 Å². The van der Waals surface area contributed by atoms with Crippen molar-refractivity contribution in [2.24, 2.45) is 0 Å². The Labute approximate surface area is 102 Å². The molecule has 4 nitrogen and oxygen atoms in total. The van der Waals surface area contributed by atoms with Crippen molar-refractivity contribution in [2.45, 2.75) is 6.61 Å². The van der Waals surface area contributed by atoms with E-state index in [2.05, 4.69) is 0 Å². The summed E-state index contributed by atoms with van der Waals surface area (Å²) in [5.74, 6) is 0. The molecule has 0 saturated carbocycles. The standard InChI is InChI=1S/C10H15ClO4Si/c1-12-16(13-2,14-3)15-8-9-6-4-5-7-10(9)11/h4-7H,8H2,1-3H3. The highest BCUT2D eigenvalue weighted by Gasteiger charge is 2.42. The lowest BCUT2D eigenvalue weighted by Crippen LogP contribution is -2.46. The van der Waals surface area contributed by atoms with E-state index in [1.54, 1.807) is 6.07 Å². The van der Waals surface area contributed by atoms with Crippen LogP contribution < -0.4 is 0 Å². The lowest BCUT2D eigenvalue weighted by atomic mass is 10.2. The molecule has 0 heterocycles. The summed E-state index contributed by atoms with van der Waals surface area (Å²) >= 11 is 6.00. The molecule has 0 aliphatic rings. The van der Waals surface area contributed by atoms with Gasteiger partial charge in [0.05, 0.1) is 6.61 Å². The van der Waals surface area contributed by atoms with Crippen molar-refractivity contribution >= 4 is 20.6 Å².